The van der Waals surface area contributed by atoms with Crippen molar-refractivity contribution >= 4 is 11.9 Å². The fraction of sp³-hybridized carbons (Fsp3) is 0.913. The van der Waals surface area contributed by atoms with Gasteiger partial charge in [-0.3, -0.25) is 9.59 Å². The molecule has 0 aromatic heterocycles. The van der Waals surface area contributed by atoms with Crippen LogP contribution in [-0.4, -0.2) is 23.1 Å². The molecule has 0 saturated carbocycles. The fourth-order valence-corrected chi connectivity index (χ4v) is 7.12. The van der Waals surface area contributed by atoms with E-state index in [9.17, 15) is 9.59 Å². The van der Waals surface area contributed by atoms with Crippen LogP contribution in [0.4, 0.5) is 0 Å². The Kier molecular flexibility index (Phi) is 41.0. The summed E-state index contributed by atoms with van der Waals surface area (Å²) < 4.78 is 6.04. The molecule has 0 aliphatic heterocycles. The van der Waals surface area contributed by atoms with E-state index in [0.29, 0.717) is 12.8 Å². The minimum absolute atomic E-state index is 0.0415. The van der Waals surface area contributed by atoms with Crippen molar-refractivity contribution in [3.8, 4) is 0 Å². The number of carboxylic acids is 1. The predicted molar refractivity (Wildman–Crippen MR) is 218 cm³/mol. The quantitative estimate of drug-likeness (QED) is 0.0390. The number of hydrogen-bond donors (Lipinski definition) is 1. The van der Waals surface area contributed by atoms with Crippen molar-refractivity contribution in [3.05, 3.63) is 12.2 Å². The molecule has 0 radical (unpaired) electrons. The fourth-order valence-electron chi connectivity index (χ4n) is 7.12. The van der Waals surface area contributed by atoms with Gasteiger partial charge in [0.05, 0.1) is 0 Å². The van der Waals surface area contributed by atoms with Crippen molar-refractivity contribution in [3.63, 3.8) is 0 Å². The van der Waals surface area contributed by atoms with Crippen molar-refractivity contribution in [1.29, 1.82) is 0 Å². The zero-order chi connectivity index (χ0) is 36.4. The molecule has 0 aromatic rings. The normalized spacial score (nSPS) is 12.2. The van der Waals surface area contributed by atoms with E-state index in [1.165, 1.54) is 199 Å². The van der Waals surface area contributed by atoms with Gasteiger partial charge in [0.25, 0.3) is 0 Å². The number of carbonyl (C=O) groups excluding carboxylic acids is 1. The number of hydrogen-bond acceptors (Lipinski definition) is 3. The summed E-state index contributed by atoms with van der Waals surface area (Å²) in [6, 6.07) is 0. The van der Waals surface area contributed by atoms with Gasteiger partial charge in [0.2, 0.25) is 0 Å². The molecule has 0 bridgehead atoms. The first-order valence-corrected chi connectivity index (χ1v) is 22.7. The predicted octanol–water partition coefficient (Wildman–Crippen LogP) is 15.8. The zero-order valence-electron chi connectivity index (χ0n) is 34.0. The summed E-state index contributed by atoms with van der Waals surface area (Å²) >= 11 is 0. The number of rotatable bonds is 42. The summed E-state index contributed by atoms with van der Waals surface area (Å²) in [6.07, 6.45) is 52.7. The van der Waals surface area contributed by atoms with Crippen LogP contribution in [0.5, 0.6) is 0 Å². The summed E-state index contributed by atoms with van der Waals surface area (Å²) in [7, 11) is 0. The monoisotopic (exact) mass is 705 g/mol. The molecule has 0 saturated heterocycles. The van der Waals surface area contributed by atoms with Crippen LogP contribution in [0.1, 0.15) is 264 Å². The van der Waals surface area contributed by atoms with E-state index in [2.05, 4.69) is 26.0 Å². The van der Waals surface area contributed by atoms with Gasteiger partial charge in [-0.25, -0.2) is 0 Å². The van der Waals surface area contributed by atoms with Crippen molar-refractivity contribution in [2.24, 2.45) is 0 Å². The Labute approximate surface area is 313 Å². The van der Waals surface area contributed by atoms with Crippen LogP contribution in [0.3, 0.4) is 0 Å². The number of ether oxygens (including phenoxy) is 1. The second-order valence-corrected chi connectivity index (χ2v) is 15.6. The molecular formula is C46H88O4. The molecule has 296 valence electrons. The summed E-state index contributed by atoms with van der Waals surface area (Å²) in [4.78, 5) is 23.3. The van der Waals surface area contributed by atoms with Gasteiger partial charge in [0.1, 0.15) is 6.10 Å². The van der Waals surface area contributed by atoms with Crippen molar-refractivity contribution in [2.45, 2.75) is 270 Å². The standard InChI is InChI=1S/C46H88O4/c1-3-5-7-9-10-11-12-13-14-15-16-17-18-19-20-21-25-28-31-35-39-43-46(49)50-44(40-36-32-8-6-4-2)41-37-33-29-26-23-22-24-27-30-34-38-42-45(47)48/h13-14,44H,3-12,15-43H2,1-2H3,(H,47,48)/b14-13-. The van der Waals surface area contributed by atoms with Crippen molar-refractivity contribution in [1.82, 2.24) is 0 Å². The Morgan fingerprint density at radius 1 is 0.420 bits per heavy atom. The van der Waals surface area contributed by atoms with Crippen molar-refractivity contribution < 1.29 is 19.4 Å². The molecule has 0 aromatic carbocycles. The third kappa shape index (κ3) is 41.1. The lowest BCUT2D eigenvalue weighted by molar-refractivity contribution is -0.150. The maximum Gasteiger partial charge on any atom is 0.306 e. The third-order valence-corrected chi connectivity index (χ3v) is 10.5. The maximum absolute atomic E-state index is 12.7. The molecule has 50 heavy (non-hydrogen) atoms. The Morgan fingerprint density at radius 3 is 1.08 bits per heavy atom. The van der Waals surface area contributed by atoms with E-state index in [1.807, 2.05) is 0 Å². The second-order valence-electron chi connectivity index (χ2n) is 15.6. The summed E-state index contributed by atoms with van der Waals surface area (Å²) in [5.41, 5.74) is 0. The highest BCUT2D eigenvalue weighted by Gasteiger charge is 2.14. The molecule has 0 amide bonds. The van der Waals surface area contributed by atoms with Gasteiger partial charge in [-0.15, -0.1) is 0 Å². The highest BCUT2D eigenvalue weighted by Crippen LogP contribution is 2.19. The van der Waals surface area contributed by atoms with Crippen LogP contribution in [0.2, 0.25) is 0 Å². The number of unbranched alkanes of at least 4 members (excludes halogenated alkanes) is 31. The summed E-state index contributed by atoms with van der Waals surface area (Å²) in [6.45, 7) is 4.55. The molecule has 0 spiro atoms. The second kappa shape index (κ2) is 42.1. The average molecular weight is 705 g/mol. The van der Waals surface area contributed by atoms with Gasteiger partial charge in [-0.2, -0.15) is 0 Å². The minimum atomic E-state index is -0.670. The highest BCUT2D eigenvalue weighted by molar-refractivity contribution is 5.69. The minimum Gasteiger partial charge on any atom is -0.481 e. The first-order chi connectivity index (χ1) is 24.6. The average Bonchev–Trinajstić information content (AvgIpc) is 3.10. The van der Waals surface area contributed by atoms with Crippen LogP contribution in [-0.2, 0) is 14.3 Å². The molecule has 4 heteroatoms. The van der Waals surface area contributed by atoms with Crippen LogP contribution >= 0.6 is 0 Å². The van der Waals surface area contributed by atoms with Gasteiger partial charge in [0.15, 0.2) is 0 Å². The zero-order valence-corrected chi connectivity index (χ0v) is 34.0. The molecule has 1 unspecified atom stereocenters. The number of aliphatic carboxylic acids is 1. The van der Waals surface area contributed by atoms with Gasteiger partial charge < -0.3 is 9.84 Å². The first kappa shape index (κ1) is 48.7. The Morgan fingerprint density at radius 2 is 0.720 bits per heavy atom. The SMILES string of the molecule is CCCCCCCC/C=C\CCCCCCCCCCCCCC(=O)OC(CCCCCCC)CCCCCCCCCCCCCC(=O)O. The maximum atomic E-state index is 12.7. The molecule has 1 N–H and O–H groups in total. The largest absolute Gasteiger partial charge is 0.481 e. The Hall–Kier alpha value is -1.32. The molecular weight excluding hydrogens is 617 g/mol. The molecule has 0 fully saturated rings. The van der Waals surface area contributed by atoms with Crippen LogP contribution in [0.15, 0.2) is 12.2 Å². The van der Waals surface area contributed by atoms with Crippen molar-refractivity contribution in [2.75, 3.05) is 0 Å². The topological polar surface area (TPSA) is 63.6 Å². The Balaban J connectivity index is 3.76. The lowest BCUT2D eigenvalue weighted by atomic mass is 10.0. The van der Waals surface area contributed by atoms with Crippen LogP contribution in [0.25, 0.3) is 0 Å². The van der Waals surface area contributed by atoms with E-state index in [0.717, 1.165) is 38.5 Å². The number of esters is 1. The molecule has 0 rings (SSSR count). The first-order valence-electron chi connectivity index (χ1n) is 22.7. The number of carboxylic acid groups (broad SMARTS) is 1. The molecule has 0 heterocycles. The third-order valence-electron chi connectivity index (χ3n) is 10.5. The number of allylic oxidation sites excluding steroid dienone is 2. The summed E-state index contributed by atoms with van der Waals surface area (Å²) in [5.74, 6) is -0.628. The van der Waals surface area contributed by atoms with E-state index in [-0.39, 0.29) is 12.1 Å². The Bertz CT molecular complexity index is 717. The van der Waals surface area contributed by atoms with Gasteiger partial charge in [-0.1, -0.05) is 199 Å². The number of carbonyl (C=O) groups is 2. The van der Waals surface area contributed by atoms with Gasteiger partial charge in [0, 0.05) is 12.8 Å². The molecule has 0 aliphatic rings. The lowest BCUT2D eigenvalue weighted by Crippen LogP contribution is -2.18. The van der Waals surface area contributed by atoms with E-state index in [1.54, 1.807) is 0 Å². The van der Waals surface area contributed by atoms with Gasteiger partial charge >= 0.3 is 11.9 Å². The van der Waals surface area contributed by atoms with Gasteiger partial charge in [-0.05, 0) is 64.2 Å². The molecule has 0 aliphatic carbocycles. The van der Waals surface area contributed by atoms with Crippen LogP contribution < -0.4 is 0 Å². The van der Waals surface area contributed by atoms with Crippen LogP contribution in [0, 0.1) is 0 Å². The smallest absolute Gasteiger partial charge is 0.306 e. The van der Waals surface area contributed by atoms with E-state index in [4.69, 9.17) is 9.84 Å². The lowest BCUT2D eigenvalue weighted by Gasteiger charge is -2.18. The molecule has 1 atom stereocenters. The van der Waals surface area contributed by atoms with E-state index >= 15 is 0 Å². The molecule has 4 nitrogen and oxygen atoms in total. The van der Waals surface area contributed by atoms with E-state index < -0.39 is 5.97 Å². The highest BCUT2D eigenvalue weighted by atomic mass is 16.5. The summed E-state index contributed by atoms with van der Waals surface area (Å²) in [5, 5.41) is 8.71.